The largest absolute Gasteiger partial charge is 0.354 e. The van der Waals surface area contributed by atoms with Gasteiger partial charge < -0.3 is 15.6 Å². The number of nitrogens with zero attached hydrogens (tertiary/aromatic N) is 2. The third kappa shape index (κ3) is 4.39. The van der Waals surface area contributed by atoms with E-state index >= 15 is 0 Å². The third-order valence-electron chi connectivity index (χ3n) is 2.11. The molecule has 0 saturated heterocycles. The Hall–Kier alpha value is -1.43. The Balaban J connectivity index is 2.19. The third-order valence-corrected chi connectivity index (χ3v) is 2.11. The summed E-state index contributed by atoms with van der Waals surface area (Å²) in [5.41, 5.74) is 5.71. The van der Waals surface area contributed by atoms with Gasteiger partial charge in [-0.1, -0.05) is 19.0 Å². The average Bonchev–Trinajstić information content (AvgIpc) is 2.69. The highest BCUT2D eigenvalue weighted by Gasteiger charge is 2.14. The summed E-state index contributed by atoms with van der Waals surface area (Å²) < 4.78 is 4.80. The minimum atomic E-state index is -0.442. The van der Waals surface area contributed by atoms with Crippen LogP contribution in [0.3, 0.4) is 0 Å². The van der Waals surface area contributed by atoms with E-state index in [2.05, 4.69) is 15.5 Å². The molecule has 0 bridgehead atoms. The predicted octanol–water partition coefficient (Wildman–Crippen LogP) is 0.102. The molecule has 1 amide bonds. The van der Waals surface area contributed by atoms with Gasteiger partial charge in [0, 0.05) is 13.0 Å². The monoisotopic (exact) mass is 226 g/mol. The summed E-state index contributed by atoms with van der Waals surface area (Å²) in [6.45, 7) is 4.53. The van der Waals surface area contributed by atoms with Gasteiger partial charge in [0.2, 0.25) is 11.8 Å². The minimum absolute atomic E-state index is 0.131. The number of rotatable bonds is 6. The first-order chi connectivity index (χ1) is 7.59. The number of nitrogens with one attached hydrogen (secondary N) is 1. The number of amides is 1. The molecule has 6 heteroatoms. The van der Waals surface area contributed by atoms with Crippen molar-refractivity contribution in [3.63, 3.8) is 0 Å². The maximum atomic E-state index is 11.5. The zero-order valence-corrected chi connectivity index (χ0v) is 9.64. The van der Waals surface area contributed by atoms with Crippen molar-refractivity contribution in [2.75, 3.05) is 6.54 Å². The summed E-state index contributed by atoms with van der Waals surface area (Å²) in [5, 5.41) is 6.21. The zero-order valence-electron chi connectivity index (χ0n) is 9.64. The number of carbonyl (C=O) groups excluding carboxylic acids is 1. The van der Waals surface area contributed by atoms with E-state index < -0.39 is 6.04 Å². The fraction of sp³-hybridized carbons (Fsp3) is 0.700. The van der Waals surface area contributed by atoms with Gasteiger partial charge in [0.25, 0.3) is 0 Å². The minimum Gasteiger partial charge on any atom is -0.354 e. The lowest BCUT2D eigenvalue weighted by atomic mass is 10.0. The van der Waals surface area contributed by atoms with E-state index in [0.717, 1.165) is 0 Å². The Kier molecular flexibility index (Phi) is 4.91. The van der Waals surface area contributed by atoms with Gasteiger partial charge in [-0.2, -0.15) is 4.98 Å². The second kappa shape index (κ2) is 6.22. The number of hydrogen-bond donors (Lipinski definition) is 2. The van der Waals surface area contributed by atoms with Crippen molar-refractivity contribution in [1.82, 2.24) is 15.5 Å². The molecular weight excluding hydrogens is 208 g/mol. The molecule has 0 aromatic carbocycles. The Morgan fingerprint density at radius 3 is 2.94 bits per heavy atom. The van der Waals surface area contributed by atoms with E-state index in [9.17, 15) is 4.79 Å². The molecule has 0 aliphatic carbocycles. The zero-order chi connectivity index (χ0) is 12.0. The number of carbonyl (C=O) groups is 1. The van der Waals surface area contributed by atoms with E-state index in [0.29, 0.717) is 31.2 Å². The molecule has 1 rings (SSSR count). The smallest absolute Gasteiger partial charge is 0.236 e. The fourth-order valence-electron chi connectivity index (χ4n) is 1.34. The van der Waals surface area contributed by atoms with Crippen molar-refractivity contribution in [1.29, 1.82) is 0 Å². The summed E-state index contributed by atoms with van der Waals surface area (Å²) in [4.78, 5) is 15.4. The molecule has 0 aliphatic heterocycles. The Labute approximate surface area is 94.6 Å². The van der Waals surface area contributed by atoms with Gasteiger partial charge in [-0.15, -0.1) is 0 Å². The fourth-order valence-corrected chi connectivity index (χ4v) is 1.34. The predicted molar refractivity (Wildman–Crippen MR) is 58.4 cm³/mol. The average molecular weight is 226 g/mol. The van der Waals surface area contributed by atoms with Crippen LogP contribution in [0.5, 0.6) is 0 Å². The molecule has 3 N–H and O–H groups in total. The molecular formula is C10H18N4O2. The van der Waals surface area contributed by atoms with Crippen molar-refractivity contribution < 1.29 is 9.32 Å². The van der Waals surface area contributed by atoms with E-state index in [1.165, 1.54) is 6.33 Å². The summed E-state index contributed by atoms with van der Waals surface area (Å²) >= 11 is 0. The van der Waals surface area contributed by atoms with Crippen molar-refractivity contribution in [2.24, 2.45) is 11.7 Å². The lowest BCUT2D eigenvalue weighted by molar-refractivity contribution is -0.122. The molecule has 6 nitrogen and oxygen atoms in total. The number of nitrogens with two attached hydrogens (primary N) is 1. The van der Waals surface area contributed by atoms with Gasteiger partial charge in [-0.25, -0.2) is 0 Å². The summed E-state index contributed by atoms with van der Waals surface area (Å²) in [7, 11) is 0. The molecule has 1 atom stereocenters. The second-order valence-corrected chi connectivity index (χ2v) is 4.11. The Morgan fingerprint density at radius 1 is 1.62 bits per heavy atom. The number of aromatic nitrogens is 2. The lowest BCUT2D eigenvalue weighted by Gasteiger charge is -2.13. The highest BCUT2D eigenvalue weighted by molar-refractivity contribution is 5.81. The van der Waals surface area contributed by atoms with Crippen LogP contribution in [0.2, 0.25) is 0 Å². The van der Waals surface area contributed by atoms with Crippen molar-refractivity contribution >= 4 is 5.91 Å². The summed E-state index contributed by atoms with van der Waals surface area (Å²) in [6, 6.07) is -0.442. The molecule has 1 aromatic heterocycles. The summed E-state index contributed by atoms with van der Waals surface area (Å²) in [6.07, 6.45) is 2.55. The van der Waals surface area contributed by atoms with Crippen LogP contribution in [0.1, 0.15) is 26.2 Å². The Morgan fingerprint density at radius 2 is 2.38 bits per heavy atom. The van der Waals surface area contributed by atoms with Crippen LogP contribution >= 0.6 is 0 Å². The SMILES string of the molecule is CC(C)C[C@H](N)C(=O)NCCc1ncno1. The maximum Gasteiger partial charge on any atom is 0.236 e. The molecule has 0 saturated carbocycles. The van der Waals surface area contributed by atoms with Crippen LogP contribution in [0.25, 0.3) is 0 Å². The molecule has 1 aromatic rings. The summed E-state index contributed by atoms with van der Waals surface area (Å²) in [5.74, 6) is 0.794. The molecule has 0 unspecified atom stereocenters. The standard InChI is InChI=1S/C10H18N4O2/c1-7(2)5-8(11)10(15)12-4-3-9-13-6-14-16-9/h6-8H,3-5,11H2,1-2H3,(H,12,15)/t8-/m0/s1. The maximum absolute atomic E-state index is 11.5. The van der Waals surface area contributed by atoms with E-state index in [1.807, 2.05) is 13.8 Å². The normalized spacial score (nSPS) is 12.8. The molecule has 1 heterocycles. The topological polar surface area (TPSA) is 94.0 Å². The molecule has 0 fully saturated rings. The van der Waals surface area contributed by atoms with E-state index in [4.69, 9.17) is 10.3 Å². The molecule has 16 heavy (non-hydrogen) atoms. The van der Waals surface area contributed by atoms with E-state index in [-0.39, 0.29) is 5.91 Å². The van der Waals surface area contributed by atoms with Crippen molar-refractivity contribution in [2.45, 2.75) is 32.7 Å². The molecule has 0 radical (unpaired) electrons. The van der Waals surface area contributed by atoms with Crippen LogP contribution in [-0.2, 0) is 11.2 Å². The van der Waals surface area contributed by atoms with Gasteiger partial charge in [0.05, 0.1) is 6.04 Å². The first-order valence-electron chi connectivity index (χ1n) is 5.38. The molecule has 0 aliphatic rings. The lowest BCUT2D eigenvalue weighted by Crippen LogP contribution is -2.42. The second-order valence-electron chi connectivity index (χ2n) is 4.11. The Bertz CT molecular complexity index is 311. The molecule has 90 valence electrons. The first-order valence-corrected chi connectivity index (χ1v) is 5.38. The van der Waals surface area contributed by atoms with Gasteiger partial charge in [-0.05, 0) is 12.3 Å². The van der Waals surface area contributed by atoms with Gasteiger partial charge in [-0.3, -0.25) is 4.79 Å². The quantitative estimate of drug-likeness (QED) is 0.717. The van der Waals surface area contributed by atoms with Gasteiger partial charge >= 0.3 is 0 Å². The highest BCUT2D eigenvalue weighted by Crippen LogP contribution is 2.02. The number of hydrogen-bond acceptors (Lipinski definition) is 5. The first kappa shape index (κ1) is 12.6. The van der Waals surface area contributed by atoms with Gasteiger partial charge in [0.1, 0.15) is 0 Å². The van der Waals surface area contributed by atoms with Crippen LogP contribution in [0, 0.1) is 5.92 Å². The van der Waals surface area contributed by atoms with E-state index in [1.54, 1.807) is 0 Å². The van der Waals surface area contributed by atoms with Crippen LogP contribution in [-0.4, -0.2) is 28.6 Å². The van der Waals surface area contributed by atoms with Gasteiger partial charge in [0.15, 0.2) is 6.33 Å². The molecule has 0 spiro atoms. The van der Waals surface area contributed by atoms with Crippen LogP contribution in [0.15, 0.2) is 10.9 Å². The van der Waals surface area contributed by atoms with Crippen LogP contribution < -0.4 is 11.1 Å². The van der Waals surface area contributed by atoms with Crippen molar-refractivity contribution in [3.05, 3.63) is 12.2 Å². The highest BCUT2D eigenvalue weighted by atomic mass is 16.5. The van der Waals surface area contributed by atoms with Crippen molar-refractivity contribution in [3.8, 4) is 0 Å². The van der Waals surface area contributed by atoms with Crippen LogP contribution in [0.4, 0.5) is 0 Å².